The molecule has 23 heavy (non-hydrogen) atoms. The zero-order valence-electron chi connectivity index (χ0n) is 13.4. The summed E-state index contributed by atoms with van der Waals surface area (Å²) in [5, 5.41) is 15.5. The van der Waals surface area contributed by atoms with Gasteiger partial charge in [0, 0.05) is 12.6 Å². The summed E-state index contributed by atoms with van der Waals surface area (Å²) in [7, 11) is 0. The summed E-state index contributed by atoms with van der Waals surface area (Å²) >= 11 is 6.04. The van der Waals surface area contributed by atoms with Gasteiger partial charge in [0.25, 0.3) is 0 Å². The number of nitrogens with one attached hydrogen (secondary N) is 2. The molecule has 1 aromatic carbocycles. The largest absolute Gasteiger partial charge is 0.487 e. The van der Waals surface area contributed by atoms with E-state index in [1.807, 2.05) is 19.1 Å². The summed E-state index contributed by atoms with van der Waals surface area (Å²) in [6, 6.07) is 7.29. The molecule has 2 rings (SSSR count). The van der Waals surface area contributed by atoms with Gasteiger partial charge in [-0.25, -0.2) is 4.79 Å². The van der Waals surface area contributed by atoms with Crippen molar-refractivity contribution in [2.75, 3.05) is 13.2 Å². The Hall–Kier alpha value is -1.46. The predicted octanol–water partition coefficient (Wildman–Crippen LogP) is 2.96. The van der Waals surface area contributed by atoms with E-state index in [4.69, 9.17) is 21.4 Å². The molecule has 1 aromatic rings. The van der Waals surface area contributed by atoms with E-state index in [0.717, 1.165) is 25.7 Å². The number of carbonyl (C=O) groups is 1. The van der Waals surface area contributed by atoms with Crippen LogP contribution in [0.4, 0.5) is 4.79 Å². The standard InChI is InChI=1S/C17H25ClN2O3/c1-12(23-16-5-3-2-4-15(16)18)10-19-17(22)20-14-8-6-13(11-21)7-9-14/h2-5,12-14,21H,6-11H2,1H3,(H2,19,20,22). The summed E-state index contributed by atoms with van der Waals surface area (Å²) in [5.41, 5.74) is 0. The number of amides is 2. The number of urea groups is 1. The Balaban J connectivity index is 1.67. The van der Waals surface area contributed by atoms with Gasteiger partial charge in [0.2, 0.25) is 0 Å². The Kier molecular flexibility index (Phi) is 6.99. The maximum Gasteiger partial charge on any atom is 0.315 e. The zero-order valence-corrected chi connectivity index (χ0v) is 14.2. The minimum atomic E-state index is -0.175. The van der Waals surface area contributed by atoms with E-state index in [0.29, 0.717) is 23.2 Å². The summed E-state index contributed by atoms with van der Waals surface area (Å²) in [4.78, 5) is 11.9. The monoisotopic (exact) mass is 340 g/mol. The van der Waals surface area contributed by atoms with Gasteiger partial charge in [0.15, 0.2) is 0 Å². The molecular weight excluding hydrogens is 316 g/mol. The van der Waals surface area contributed by atoms with E-state index in [1.165, 1.54) is 0 Å². The van der Waals surface area contributed by atoms with Gasteiger partial charge in [-0.05, 0) is 50.7 Å². The minimum Gasteiger partial charge on any atom is -0.487 e. The van der Waals surface area contributed by atoms with E-state index in [9.17, 15) is 4.79 Å². The molecule has 1 saturated carbocycles. The number of para-hydroxylation sites is 1. The minimum absolute atomic E-state index is 0.174. The molecule has 0 saturated heterocycles. The lowest BCUT2D eigenvalue weighted by Gasteiger charge is -2.28. The Morgan fingerprint density at radius 1 is 1.35 bits per heavy atom. The molecule has 1 aliphatic carbocycles. The second kappa shape index (κ2) is 8.99. The van der Waals surface area contributed by atoms with Crippen molar-refractivity contribution in [2.24, 2.45) is 5.92 Å². The number of halogens is 1. The van der Waals surface area contributed by atoms with E-state index < -0.39 is 0 Å². The zero-order chi connectivity index (χ0) is 16.7. The third kappa shape index (κ3) is 5.92. The lowest BCUT2D eigenvalue weighted by atomic mass is 9.87. The van der Waals surface area contributed by atoms with Crippen molar-refractivity contribution in [1.29, 1.82) is 0 Å². The van der Waals surface area contributed by atoms with E-state index in [-0.39, 0.29) is 24.8 Å². The summed E-state index contributed by atoms with van der Waals surface area (Å²) < 4.78 is 5.71. The van der Waals surface area contributed by atoms with Crippen molar-refractivity contribution in [3.63, 3.8) is 0 Å². The van der Waals surface area contributed by atoms with Gasteiger partial charge >= 0.3 is 6.03 Å². The Labute approximate surface area is 142 Å². The maximum atomic E-state index is 11.9. The average Bonchev–Trinajstić information content (AvgIpc) is 2.56. The molecule has 0 bridgehead atoms. The van der Waals surface area contributed by atoms with Crippen molar-refractivity contribution in [3.05, 3.63) is 29.3 Å². The van der Waals surface area contributed by atoms with Crippen molar-refractivity contribution in [3.8, 4) is 5.75 Å². The molecule has 128 valence electrons. The summed E-state index contributed by atoms with van der Waals surface area (Å²) in [5.74, 6) is 1.01. The highest BCUT2D eigenvalue weighted by Gasteiger charge is 2.21. The molecular formula is C17H25ClN2O3. The number of aliphatic hydroxyl groups is 1. The number of hydrogen-bond acceptors (Lipinski definition) is 3. The highest BCUT2D eigenvalue weighted by molar-refractivity contribution is 6.32. The van der Waals surface area contributed by atoms with Gasteiger partial charge in [-0.3, -0.25) is 0 Å². The van der Waals surface area contributed by atoms with Gasteiger partial charge in [0.05, 0.1) is 11.6 Å². The fraction of sp³-hybridized carbons (Fsp3) is 0.588. The number of hydrogen-bond donors (Lipinski definition) is 3. The first-order chi connectivity index (χ1) is 11.1. The van der Waals surface area contributed by atoms with E-state index in [1.54, 1.807) is 12.1 Å². The van der Waals surface area contributed by atoms with Gasteiger partial charge in [-0.2, -0.15) is 0 Å². The van der Waals surface area contributed by atoms with Gasteiger partial charge in [-0.1, -0.05) is 23.7 Å². The molecule has 0 spiro atoms. The van der Waals surface area contributed by atoms with Gasteiger partial charge < -0.3 is 20.5 Å². The SMILES string of the molecule is CC(CNC(=O)NC1CCC(CO)CC1)Oc1ccccc1Cl. The fourth-order valence-electron chi connectivity index (χ4n) is 2.76. The highest BCUT2D eigenvalue weighted by atomic mass is 35.5. The second-order valence-electron chi connectivity index (χ2n) is 6.11. The molecule has 0 aromatic heterocycles. The van der Waals surface area contributed by atoms with Crippen LogP contribution in [0.5, 0.6) is 5.75 Å². The van der Waals surface area contributed by atoms with Crippen LogP contribution in [-0.4, -0.2) is 36.4 Å². The van der Waals surface area contributed by atoms with Crippen molar-refractivity contribution in [2.45, 2.75) is 44.8 Å². The topological polar surface area (TPSA) is 70.6 Å². The molecule has 3 N–H and O–H groups in total. The number of benzene rings is 1. The first kappa shape index (κ1) is 17.9. The smallest absolute Gasteiger partial charge is 0.315 e. The molecule has 2 amide bonds. The van der Waals surface area contributed by atoms with Crippen LogP contribution in [0.3, 0.4) is 0 Å². The number of rotatable bonds is 6. The second-order valence-corrected chi connectivity index (χ2v) is 6.52. The molecule has 0 aliphatic heterocycles. The van der Waals surface area contributed by atoms with Crippen LogP contribution >= 0.6 is 11.6 Å². The predicted molar refractivity (Wildman–Crippen MR) is 90.9 cm³/mol. The fourth-order valence-corrected chi connectivity index (χ4v) is 2.94. The van der Waals surface area contributed by atoms with Crippen LogP contribution in [0.25, 0.3) is 0 Å². The normalized spacial score (nSPS) is 22.2. The lowest BCUT2D eigenvalue weighted by Crippen LogP contribution is -2.46. The van der Waals surface area contributed by atoms with Crippen LogP contribution < -0.4 is 15.4 Å². The van der Waals surface area contributed by atoms with Crippen LogP contribution in [0, 0.1) is 5.92 Å². The summed E-state index contributed by atoms with van der Waals surface area (Å²) in [6.07, 6.45) is 3.60. The molecule has 1 aliphatic rings. The Bertz CT molecular complexity index is 504. The number of carbonyl (C=O) groups excluding carboxylic acids is 1. The Morgan fingerprint density at radius 2 is 2.04 bits per heavy atom. The van der Waals surface area contributed by atoms with Crippen LogP contribution in [0.2, 0.25) is 5.02 Å². The van der Waals surface area contributed by atoms with Crippen molar-refractivity contribution < 1.29 is 14.6 Å². The van der Waals surface area contributed by atoms with E-state index >= 15 is 0 Å². The quantitative estimate of drug-likeness (QED) is 0.745. The maximum absolute atomic E-state index is 11.9. The van der Waals surface area contributed by atoms with Crippen LogP contribution in [-0.2, 0) is 0 Å². The number of aliphatic hydroxyl groups excluding tert-OH is 1. The third-order valence-electron chi connectivity index (χ3n) is 4.16. The van der Waals surface area contributed by atoms with Crippen molar-refractivity contribution >= 4 is 17.6 Å². The molecule has 5 nitrogen and oxygen atoms in total. The van der Waals surface area contributed by atoms with Gasteiger partial charge in [0.1, 0.15) is 11.9 Å². The third-order valence-corrected chi connectivity index (χ3v) is 4.47. The Morgan fingerprint density at radius 3 is 2.70 bits per heavy atom. The highest BCUT2D eigenvalue weighted by Crippen LogP contribution is 2.24. The summed E-state index contributed by atoms with van der Waals surface area (Å²) in [6.45, 7) is 2.54. The molecule has 1 unspecified atom stereocenters. The molecule has 6 heteroatoms. The first-order valence-corrected chi connectivity index (χ1v) is 8.52. The first-order valence-electron chi connectivity index (χ1n) is 8.15. The van der Waals surface area contributed by atoms with E-state index in [2.05, 4.69) is 10.6 Å². The average molecular weight is 341 g/mol. The molecule has 1 atom stereocenters. The molecule has 0 radical (unpaired) electrons. The van der Waals surface area contributed by atoms with Crippen molar-refractivity contribution in [1.82, 2.24) is 10.6 Å². The number of ether oxygens (including phenoxy) is 1. The van der Waals surface area contributed by atoms with Gasteiger partial charge in [-0.15, -0.1) is 0 Å². The molecule has 0 heterocycles. The van der Waals surface area contributed by atoms with Crippen LogP contribution in [0.1, 0.15) is 32.6 Å². The molecule has 1 fully saturated rings. The van der Waals surface area contributed by atoms with Crippen LogP contribution in [0.15, 0.2) is 24.3 Å². The lowest BCUT2D eigenvalue weighted by molar-refractivity contribution is 0.173.